The molecule has 1 aliphatic rings. The third-order valence-electron chi connectivity index (χ3n) is 4.35. The van der Waals surface area contributed by atoms with E-state index in [1.807, 2.05) is 12.1 Å². The van der Waals surface area contributed by atoms with Crippen LogP contribution in [0.5, 0.6) is 0 Å². The SMILES string of the molecule is COC(CCN1CCN(c2ccc(C#N)cn2)CC1)C(C)C. The van der Waals surface area contributed by atoms with Gasteiger partial charge in [0.1, 0.15) is 11.9 Å². The second-order valence-corrected chi connectivity index (χ2v) is 6.15. The highest BCUT2D eigenvalue weighted by Crippen LogP contribution is 2.15. The molecule has 5 nitrogen and oxygen atoms in total. The maximum Gasteiger partial charge on any atom is 0.128 e. The van der Waals surface area contributed by atoms with Crippen LogP contribution in [0.25, 0.3) is 0 Å². The summed E-state index contributed by atoms with van der Waals surface area (Å²) < 4.78 is 5.54. The maximum absolute atomic E-state index is 8.82. The van der Waals surface area contributed by atoms with Crippen LogP contribution in [0.3, 0.4) is 0 Å². The molecule has 0 bridgehead atoms. The van der Waals surface area contributed by atoms with Gasteiger partial charge in [0.15, 0.2) is 0 Å². The lowest BCUT2D eigenvalue weighted by molar-refractivity contribution is 0.0481. The lowest BCUT2D eigenvalue weighted by atomic mass is 10.0. The topological polar surface area (TPSA) is 52.4 Å². The highest BCUT2D eigenvalue weighted by atomic mass is 16.5. The molecule has 120 valence electrons. The van der Waals surface area contributed by atoms with E-state index in [0.717, 1.165) is 45.0 Å². The third kappa shape index (κ3) is 4.43. The number of piperazine rings is 1. The molecule has 1 atom stereocenters. The number of hydrogen-bond donors (Lipinski definition) is 0. The van der Waals surface area contributed by atoms with Gasteiger partial charge < -0.3 is 9.64 Å². The first-order chi connectivity index (χ1) is 10.6. The fourth-order valence-corrected chi connectivity index (χ4v) is 2.87. The zero-order chi connectivity index (χ0) is 15.9. The molecule has 0 aliphatic carbocycles. The smallest absolute Gasteiger partial charge is 0.128 e. The van der Waals surface area contributed by atoms with Gasteiger partial charge in [0, 0.05) is 46.0 Å². The predicted molar refractivity (Wildman–Crippen MR) is 87.9 cm³/mol. The molecule has 0 spiro atoms. The lowest BCUT2D eigenvalue weighted by Crippen LogP contribution is -2.47. The van der Waals surface area contributed by atoms with E-state index in [4.69, 9.17) is 10.00 Å². The fourth-order valence-electron chi connectivity index (χ4n) is 2.87. The van der Waals surface area contributed by atoms with Crippen LogP contribution < -0.4 is 4.90 Å². The number of aromatic nitrogens is 1. The van der Waals surface area contributed by atoms with Crippen molar-refractivity contribution in [3.63, 3.8) is 0 Å². The molecule has 2 rings (SSSR count). The van der Waals surface area contributed by atoms with Crippen LogP contribution in [0.4, 0.5) is 5.82 Å². The Labute approximate surface area is 133 Å². The number of ether oxygens (including phenoxy) is 1. The molecule has 1 fully saturated rings. The van der Waals surface area contributed by atoms with Crippen molar-refractivity contribution in [2.24, 2.45) is 5.92 Å². The highest BCUT2D eigenvalue weighted by molar-refractivity contribution is 5.42. The molecule has 0 aromatic carbocycles. The summed E-state index contributed by atoms with van der Waals surface area (Å²) in [5, 5.41) is 8.82. The molecule has 5 heteroatoms. The quantitative estimate of drug-likeness (QED) is 0.806. The van der Waals surface area contributed by atoms with E-state index in [0.29, 0.717) is 17.6 Å². The summed E-state index contributed by atoms with van der Waals surface area (Å²) in [7, 11) is 1.80. The standard InChI is InChI=1S/C17H26N4O/c1-14(2)16(22-3)6-7-20-8-10-21(11-9-20)17-5-4-15(12-18)13-19-17/h4-5,13-14,16H,6-11H2,1-3H3. The second kappa shape index (κ2) is 8.11. The number of pyridine rings is 1. The van der Waals surface area contributed by atoms with E-state index in [1.165, 1.54) is 0 Å². The van der Waals surface area contributed by atoms with Crippen molar-refractivity contribution in [1.82, 2.24) is 9.88 Å². The number of rotatable bonds is 6. The van der Waals surface area contributed by atoms with Crippen molar-refractivity contribution < 1.29 is 4.74 Å². The molecule has 1 aromatic heterocycles. The van der Waals surface area contributed by atoms with Gasteiger partial charge in [0.25, 0.3) is 0 Å². The van der Waals surface area contributed by atoms with Crippen LogP contribution in [0.1, 0.15) is 25.8 Å². The lowest BCUT2D eigenvalue weighted by Gasteiger charge is -2.36. The third-order valence-corrected chi connectivity index (χ3v) is 4.35. The molecule has 0 saturated carbocycles. The van der Waals surface area contributed by atoms with Gasteiger partial charge in [-0.1, -0.05) is 13.8 Å². The van der Waals surface area contributed by atoms with Crippen molar-refractivity contribution in [1.29, 1.82) is 5.26 Å². The van der Waals surface area contributed by atoms with Gasteiger partial charge in [-0.15, -0.1) is 0 Å². The van der Waals surface area contributed by atoms with Crippen molar-refractivity contribution >= 4 is 5.82 Å². The van der Waals surface area contributed by atoms with Gasteiger partial charge >= 0.3 is 0 Å². The van der Waals surface area contributed by atoms with Crippen molar-refractivity contribution in [3.05, 3.63) is 23.9 Å². The first-order valence-electron chi connectivity index (χ1n) is 8.00. The molecule has 22 heavy (non-hydrogen) atoms. The molecular weight excluding hydrogens is 276 g/mol. The van der Waals surface area contributed by atoms with E-state index >= 15 is 0 Å². The number of hydrogen-bond acceptors (Lipinski definition) is 5. The fraction of sp³-hybridized carbons (Fsp3) is 0.647. The molecule has 1 aromatic rings. The Kier molecular flexibility index (Phi) is 6.17. The monoisotopic (exact) mass is 302 g/mol. The summed E-state index contributed by atoms with van der Waals surface area (Å²) in [5.41, 5.74) is 0.613. The minimum absolute atomic E-state index is 0.346. The van der Waals surface area contributed by atoms with Crippen LogP contribution in [0.2, 0.25) is 0 Å². The zero-order valence-corrected chi connectivity index (χ0v) is 13.8. The zero-order valence-electron chi connectivity index (χ0n) is 13.8. The number of methoxy groups -OCH3 is 1. The average Bonchev–Trinajstić information content (AvgIpc) is 2.56. The summed E-state index contributed by atoms with van der Waals surface area (Å²) in [6, 6.07) is 5.88. The van der Waals surface area contributed by atoms with Crippen LogP contribution in [0, 0.1) is 17.2 Å². The summed E-state index contributed by atoms with van der Waals surface area (Å²) in [5.74, 6) is 1.53. The van der Waals surface area contributed by atoms with E-state index in [2.05, 4.69) is 34.7 Å². The summed E-state index contributed by atoms with van der Waals surface area (Å²) >= 11 is 0. The Morgan fingerprint density at radius 3 is 2.50 bits per heavy atom. The van der Waals surface area contributed by atoms with Gasteiger partial charge in [-0.05, 0) is 24.5 Å². The Morgan fingerprint density at radius 1 is 1.27 bits per heavy atom. The van der Waals surface area contributed by atoms with Gasteiger partial charge in [-0.3, -0.25) is 4.90 Å². The molecule has 0 radical (unpaired) electrons. The van der Waals surface area contributed by atoms with E-state index in [1.54, 1.807) is 13.3 Å². The molecule has 0 N–H and O–H groups in total. The van der Waals surface area contributed by atoms with Crippen LogP contribution in [-0.4, -0.2) is 55.8 Å². The minimum Gasteiger partial charge on any atom is -0.381 e. The first kappa shape index (κ1) is 16.7. The van der Waals surface area contributed by atoms with Crippen LogP contribution in [0.15, 0.2) is 18.3 Å². The average molecular weight is 302 g/mol. The molecular formula is C17H26N4O. The number of nitrogens with zero attached hydrogens (tertiary/aromatic N) is 4. The van der Waals surface area contributed by atoms with Gasteiger partial charge in [-0.2, -0.15) is 5.26 Å². The maximum atomic E-state index is 8.82. The van der Waals surface area contributed by atoms with Crippen molar-refractivity contribution in [3.8, 4) is 6.07 Å². The molecule has 1 saturated heterocycles. The van der Waals surface area contributed by atoms with Gasteiger partial charge in [0.05, 0.1) is 11.7 Å². The Hall–Kier alpha value is -1.64. The second-order valence-electron chi connectivity index (χ2n) is 6.15. The van der Waals surface area contributed by atoms with E-state index in [9.17, 15) is 0 Å². The summed E-state index contributed by atoms with van der Waals surface area (Å²) in [6.07, 6.45) is 3.08. The summed E-state index contributed by atoms with van der Waals surface area (Å²) in [4.78, 5) is 9.15. The molecule has 2 heterocycles. The minimum atomic E-state index is 0.346. The first-order valence-corrected chi connectivity index (χ1v) is 8.00. The van der Waals surface area contributed by atoms with Crippen LogP contribution >= 0.6 is 0 Å². The van der Waals surface area contributed by atoms with Crippen molar-refractivity contribution in [2.75, 3.05) is 44.7 Å². The van der Waals surface area contributed by atoms with E-state index < -0.39 is 0 Å². The van der Waals surface area contributed by atoms with Crippen LogP contribution in [-0.2, 0) is 4.74 Å². The molecule has 1 unspecified atom stereocenters. The van der Waals surface area contributed by atoms with Gasteiger partial charge in [-0.25, -0.2) is 4.98 Å². The molecule has 0 amide bonds. The van der Waals surface area contributed by atoms with E-state index in [-0.39, 0.29) is 0 Å². The number of anilines is 1. The normalized spacial score (nSPS) is 17.5. The molecule has 1 aliphatic heterocycles. The Balaban J connectivity index is 1.79. The summed E-state index contributed by atoms with van der Waals surface area (Å²) in [6.45, 7) is 9.58. The highest BCUT2D eigenvalue weighted by Gasteiger charge is 2.20. The Bertz CT molecular complexity index is 486. The number of nitriles is 1. The largest absolute Gasteiger partial charge is 0.381 e. The van der Waals surface area contributed by atoms with Crippen molar-refractivity contribution in [2.45, 2.75) is 26.4 Å². The Morgan fingerprint density at radius 2 is 2.00 bits per heavy atom. The predicted octanol–water partition coefficient (Wildman–Crippen LogP) is 2.14. The van der Waals surface area contributed by atoms with Gasteiger partial charge in [0.2, 0.25) is 0 Å².